The lowest BCUT2D eigenvalue weighted by Crippen LogP contribution is -2.41. The lowest BCUT2D eigenvalue weighted by Gasteiger charge is -2.34. The Bertz CT molecular complexity index is 811. The monoisotopic (exact) mass is 379 g/mol. The van der Waals surface area contributed by atoms with Crippen molar-refractivity contribution >= 4 is 0 Å². The Labute approximate surface area is 156 Å². The number of fused-ring (bicyclic) bond motifs is 2. The minimum Gasteiger partial charge on any atom is -0.305 e. The first-order valence-electron chi connectivity index (χ1n) is 9.75. The van der Waals surface area contributed by atoms with Crippen LogP contribution < -0.4 is 0 Å². The third-order valence-electron chi connectivity index (χ3n) is 6.82. The molecule has 0 amide bonds. The van der Waals surface area contributed by atoms with Gasteiger partial charge in [-0.05, 0) is 30.9 Å². The van der Waals surface area contributed by atoms with Crippen molar-refractivity contribution in [2.24, 2.45) is 11.3 Å². The lowest BCUT2D eigenvalue weighted by atomic mass is 9.88. The van der Waals surface area contributed by atoms with Crippen LogP contribution in [-0.2, 0) is 19.3 Å². The minimum atomic E-state index is -4.44. The molecule has 3 heterocycles. The zero-order chi connectivity index (χ0) is 18.8. The van der Waals surface area contributed by atoms with Gasteiger partial charge in [-0.2, -0.15) is 13.2 Å². The van der Waals surface area contributed by atoms with Gasteiger partial charge in [0, 0.05) is 37.6 Å². The van der Waals surface area contributed by atoms with E-state index in [0.29, 0.717) is 24.3 Å². The summed E-state index contributed by atoms with van der Waals surface area (Å²) in [5, 5.41) is 7.16. The number of alkyl halides is 3. The van der Waals surface area contributed by atoms with Gasteiger partial charge in [-0.25, -0.2) is 0 Å². The molecule has 4 aliphatic rings. The van der Waals surface area contributed by atoms with Crippen LogP contribution in [0.5, 0.6) is 0 Å². The van der Waals surface area contributed by atoms with Gasteiger partial charge >= 0.3 is 6.18 Å². The summed E-state index contributed by atoms with van der Waals surface area (Å²) in [6, 6.07) is 0.228. The van der Waals surface area contributed by atoms with E-state index in [2.05, 4.69) is 45.1 Å². The molecule has 2 fully saturated rings. The third kappa shape index (κ3) is 2.76. The van der Waals surface area contributed by atoms with Crippen LogP contribution in [-0.4, -0.2) is 56.8 Å². The molecule has 1 saturated heterocycles. The lowest BCUT2D eigenvalue weighted by molar-refractivity contribution is -0.148. The van der Waals surface area contributed by atoms with Crippen molar-refractivity contribution in [1.82, 2.24) is 24.6 Å². The van der Waals surface area contributed by atoms with Gasteiger partial charge in [-0.3, -0.25) is 4.90 Å². The second-order valence-electron chi connectivity index (χ2n) is 8.27. The number of hydrogen-bond donors (Lipinski definition) is 0. The second-order valence-corrected chi connectivity index (χ2v) is 8.27. The molecule has 3 unspecified atom stereocenters. The van der Waals surface area contributed by atoms with Crippen LogP contribution in [0.25, 0.3) is 0 Å². The Balaban J connectivity index is 1.26. The SMILES string of the molecule is CCN1CC2CC2(C2=CCC(N3CCn4c(nnc4C(F)(F)F)C3)C=C2)C1. The summed E-state index contributed by atoms with van der Waals surface area (Å²) in [4.78, 5) is 4.74. The summed E-state index contributed by atoms with van der Waals surface area (Å²) < 4.78 is 40.2. The van der Waals surface area contributed by atoms with Crippen LogP contribution in [0, 0.1) is 11.3 Å². The van der Waals surface area contributed by atoms with E-state index in [1.807, 2.05) is 0 Å². The van der Waals surface area contributed by atoms with Crippen molar-refractivity contribution in [3.63, 3.8) is 0 Å². The maximum Gasteiger partial charge on any atom is 0.451 e. The van der Waals surface area contributed by atoms with E-state index >= 15 is 0 Å². The first-order valence-corrected chi connectivity index (χ1v) is 9.75. The van der Waals surface area contributed by atoms with E-state index in [9.17, 15) is 13.2 Å². The summed E-state index contributed by atoms with van der Waals surface area (Å²) in [5.74, 6) is 0.338. The zero-order valence-electron chi connectivity index (χ0n) is 15.4. The van der Waals surface area contributed by atoms with E-state index in [4.69, 9.17) is 0 Å². The molecule has 27 heavy (non-hydrogen) atoms. The molecule has 1 aromatic rings. The van der Waals surface area contributed by atoms with Crippen molar-refractivity contribution in [3.05, 3.63) is 35.4 Å². The molecule has 0 spiro atoms. The van der Waals surface area contributed by atoms with Gasteiger partial charge < -0.3 is 9.47 Å². The predicted octanol–water partition coefficient (Wildman–Crippen LogP) is 2.71. The summed E-state index contributed by atoms with van der Waals surface area (Å²) in [5.41, 5.74) is 1.85. The summed E-state index contributed by atoms with van der Waals surface area (Å²) in [6.07, 6.45) is 4.66. The summed E-state index contributed by atoms with van der Waals surface area (Å²) in [7, 11) is 0. The number of aromatic nitrogens is 3. The number of hydrogen-bond acceptors (Lipinski definition) is 4. The highest BCUT2D eigenvalue weighted by atomic mass is 19.4. The number of nitrogens with zero attached hydrogens (tertiary/aromatic N) is 5. The van der Waals surface area contributed by atoms with Crippen molar-refractivity contribution < 1.29 is 13.2 Å². The number of allylic oxidation sites excluding steroid dienone is 1. The summed E-state index contributed by atoms with van der Waals surface area (Å²) >= 11 is 0. The molecule has 3 atom stereocenters. The third-order valence-corrected chi connectivity index (χ3v) is 6.82. The first-order chi connectivity index (χ1) is 12.9. The van der Waals surface area contributed by atoms with Crippen molar-refractivity contribution in [1.29, 1.82) is 0 Å². The molecule has 1 aromatic heterocycles. The molecule has 2 aliphatic carbocycles. The molecule has 5 rings (SSSR count). The Hall–Kier alpha value is -1.67. The molecule has 146 valence electrons. The van der Waals surface area contributed by atoms with E-state index < -0.39 is 12.0 Å². The number of piperidine rings is 1. The predicted molar refractivity (Wildman–Crippen MR) is 93.7 cm³/mol. The molecule has 0 aromatic carbocycles. The Morgan fingerprint density at radius 2 is 2.11 bits per heavy atom. The molecule has 8 heteroatoms. The largest absolute Gasteiger partial charge is 0.451 e. The second kappa shape index (κ2) is 5.91. The van der Waals surface area contributed by atoms with Gasteiger partial charge in [-0.15, -0.1) is 10.2 Å². The van der Waals surface area contributed by atoms with Crippen LogP contribution >= 0.6 is 0 Å². The van der Waals surface area contributed by atoms with Gasteiger partial charge in [0.2, 0.25) is 5.82 Å². The minimum absolute atomic E-state index is 0.228. The van der Waals surface area contributed by atoms with Crippen molar-refractivity contribution in [3.8, 4) is 0 Å². The highest BCUT2D eigenvalue weighted by Crippen LogP contribution is 2.62. The zero-order valence-corrected chi connectivity index (χ0v) is 15.4. The van der Waals surface area contributed by atoms with Crippen LogP contribution in [0.4, 0.5) is 13.2 Å². The maximum absolute atomic E-state index is 13.0. The fraction of sp³-hybridized carbons (Fsp3) is 0.684. The fourth-order valence-corrected chi connectivity index (χ4v) is 5.19. The van der Waals surface area contributed by atoms with E-state index in [1.165, 1.54) is 29.7 Å². The molecule has 2 aliphatic heterocycles. The molecule has 0 bridgehead atoms. The molecule has 0 radical (unpaired) electrons. The highest BCUT2D eigenvalue weighted by molar-refractivity contribution is 5.40. The van der Waals surface area contributed by atoms with E-state index in [-0.39, 0.29) is 12.6 Å². The molecule has 0 N–H and O–H groups in total. The van der Waals surface area contributed by atoms with E-state index in [0.717, 1.165) is 18.9 Å². The quantitative estimate of drug-likeness (QED) is 0.809. The fourth-order valence-electron chi connectivity index (χ4n) is 5.19. The maximum atomic E-state index is 13.0. The van der Waals surface area contributed by atoms with Crippen molar-refractivity contribution in [2.75, 3.05) is 26.2 Å². The molecular weight excluding hydrogens is 355 g/mol. The number of rotatable bonds is 3. The first kappa shape index (κ1) is 17.4. The Morgan fingerprint density at radius 3 is 2.78 bits per heavy atom. The standard InChI is InChI=1S/C19H24F3N5/c1-2-25-10-14-9-18(14,12-25)13-3-5-15(6-4-13)26-7-8-27-16(11-26)23-24-17(27)19(20,21)22/h3-5,14-15H,2,6-12H2,1H3. The topological polar surface area (TPSA) is 37.2 Å². The Kier molecular flexibility index (Phi) is 3.82. The molecule has 1 saturated carbocycles. The average molecular weight is 379 g/mol. The smallest absolute Gasteiger partial charge is 0.305 e. The van der Waals surface area contributed by atoms with Crippen LogP contribution in [0.1, 0.15) is 31.4 Å². The normalized spacial score (nSPS) is 33.7. The molecule has 5 nitrogen and oxygen atoms in total. The van der Waals surface area contributed by atoms with Crippen molar-refractivity contribution in [2.45, 2.75) is 45.1 Å². The van der Waals surface area contributed by atoms with Gasteiger partial charge in [0.05, 0.1) is 6.54 Å². The van der Waals surface area contributed by atoms with Gasteiger partial charge in [0.25, 0.3) is 0 Å². The average Bonchev–Trinajstić information content (AvgIpc) is 3.03. The number of halogens is 3. The molecular formula is C19H24F3N5. The van der Waals surface area contributed by atoms with Crippen LogP contribution in [0.2, 0.25) is 0 Å². The van der Waals surface area contributed by atoms with Crippen LogP contribution in [0.3, 0.4) is 0 Å². The highest BCUT2D eigenvalue weighted by Gasteiger charge is 2.60. The van der Waals surface area contributed by atoms with Crippen LogP contribution in [0.15, 0.2) is 23.8 Å². The van der Waals surface area contributed by atoms with Gasteiger partial charge in [0.15, 0.2) is 0 Å². The number of likely N-dealkylation sites (tertiary alicyclic amines) is 1. The Morgan fingerprint density at radius 1 is 1.26 bits per heavy atom. The van der Waals surface area contributed by atoms with E-state index in [1.54, 1.807) is 0 Å². The van der Waals surface area contributed by atoms with Gasteiger partial charge in [0.1, 0.15) is 5.82 Å². The summed E-state index contributed by atoms with van der Waals surface area (Å²) in [6.45, 7) is 7.01. The van der Waals surface area contributed by atoms with Gasteiger partial charge in [-0.1, -0.05) is 25.2 Å².